The van der Waals surface area contributed by atoms with Crippen LogP contribution in [0.2, 0.25) is 0 Å². The first-order valence-electron chi connectivity index (χ1n) is 6.61. The Morgan fingerprint density at radius 3 is 2.40 bits per heavy atom. The van der Waals surface area contributed by atoms with E-state index in [1.165, 1.54) is 11.6 Å². The Morgan fingerprint density at radius 2 is 1.85 bits per heavy atom. The lowest BCUT2D eigenvalue weighted by Crippen LogP contribution is -2.16. The van der Waals surface area contributed by atoms with Crippen molar-refractivity contribution in [2.75, 3.05) is 5.32 Å². The molecular weight excluding hydrogens is 254 g/mol. The van der Waals surface area contributed by atoms with Crippen LogP contribution in [0.25, 0.3) is 0 Å². The lowest BCUT2D eigenvalue weighted by Gasteiger charge is -2.25. The van der Waals surface area contributed by atoms with Crippen molar-refractivity contribution < 1.29 is 9.59 Å². The van der Waals surface area contributed by atoms with Crippen molar-refractivity contribution >= 4 is 17.7 Å². The molecule has 2 rings (SSSR count). The Hall–Kier alpha value is -2.44. The van der Waals surface area contributed by atoms with Gasteiger partial charge < -0.3 is 5.32 Å². The zero-order valence-electron chi connectivity index (χ0n) is 11.0. The van der Waals surface area contributed by atoms with Crippen LogP contribution in [-0.2, 0) is 9.59 Å². The minimum Gasteiger partial charge on any atom is -0.313 e. The minimum absolute atomic E-state index is 0.123. The lowest BCUT2D eigenvalue weighted by atomic mass is 9.82. The van der Waals surface area contributed by atoms with E-state index in [4.69, 9.17) is 5.26 Å². The van der Waals surface area contributed by atoms with E-state index in [1.807, 2.05) is 12.1 Å². The first-order valence-corrected chi connectivity index (χ1v) is 6.61. The summed E-state index contributed by atoms with van der Waals surface area (Å²) in [5.74, 6) is -0.196. The van der Waals surface area contributed by atoms with Crippen LogP contribution < -0.4 is 5.32 Å². The molecule has 0 bridgehead atoms. The average molecular weight is 269 g/mol. The molecule has 0 unspecified atom stereocenters. The molecule has 1 aliphatic rings. The molecule has 1 aromatic rings. The molecule has 1 N–H and O–H groups in total. The number of carbonyl (C=O) groups is 1. The number of nitriles is 1. The molecule has 102 valence electrons. The number of hydrogen-bond acceptors (Lipinski definition) is 4. The van der Waals surface area contributed by atoms with Crippen LogP contribution in [-0.4, -0.2) is 18.0 Å². The molecule has 1 fully saturated rings. The van der Waals surface area contributed by atoms with Crippen molar-refractivity contribution in [2.24, 2.45) is 4.99 Å². The number of rotatable bonds is 3. The van der Waals surface area contributed by atoms with E-state index in [2.05, 4.69) is 10.3 Å². The van der Waals surface area contributed by atoms with Crippen LogP contribution in [0.4, 0.5) is 5.69 Å². The highest BCUT2D eigenvalue weighted by molar-refractivity contribution is 6.02. The summed E-state index contributed by atoms with van der Waals surface area (Å²) in [5.41, 5.74) is 1.84. The van der Waals surface area contributed by atoms with Crippen LogP contribution in [0.1, 0.15) is 37.2 Å². The molecule has 0 heterocycles. The number of benzene rings is 1. The number of nitrogens with zero attached hydrogens (tertiary/aromatic N) is 2. The van der Waals surface area contributed by atoms with Gasteiger partial charge in [0.1, 0.15) is 0 Å². The summed E-state index contributed by atoms with van der Waals surface area (Å²) in [5, 5.41) is 10.9. The maximum Gasteiger partial charge on any atom is 0.326 e. The van der Waals surface area contributed by atoms with E-state index < -0.39 is 5.91 Å². The SMILES string of the molecule is N#CC(=O)Nc1ccc(C2CCC(N=C=O)CC2)cc1. The summed E-state index contributed by atoms with van der Waals surface area (Å²) in [4.78, 5) is 25.0. The summed E-state index contributed by atoms with van der Waals surface area (Å²) < 4.78 is 0. The molecule has 0 atom stereocenters. The Labute approximate surface area is 117 Å². The maximum absolute atomic E-state index is 11.0. The molecule has 1 aromatic carbocycles. The Balaban J connectivity index is 1.96. The summed E-state index contributed by atoms with van der Waals surface area (Å²) in [6, 6.07) is 9.20. The van der Waals surface area contributed by atoms with Gasteiger partial charge in [0.25, 0.3) is 0 Å². The first kappa shape index (κ1) is 14.0. The van der Waals surface area contributed by atoms with Gasteiger partial charge in [-0.25, -0.2) is 9.79 Å². The molecule has 5 nitrogen and oxygen atoms in total. The van der Waals surface area contributed by atoms with Crippen molar-refractivity contribution in [2.45, 2.75) is 37.6 Å². The van der Waals surface area contributed by atoms with Gasteiger partial charge in [-0.05, 0) is 49.3 Å². The number of anilines is 1. The third kappa shape index (κ3) is 3.53. The third-order valence-corrected chi connectivity index (χ3v) is 3.67. The van der Waals surface area contributed by atoms with Gasteiger partial charge in [-0.15, -0.1) is 0 Å². The van der Waals surface area contributed by atoms with E-state index in [9.17, 15) is 9.59 Å². The van der Waals surface area contributed by atoms with Crippen LogP contribution in [0.5, 0.6) is 0 Å². The van der Waals surface area contributed by atoms with E-state index in [1.54, 1.807) is 18.2 Å². The second kappa shape index (κ2) is 6.65. The molecule has 0 aliphatic heterocycles. The van der Waals surface area contributed by atoms with Gasteiger partial charge in [-0.2, -0.15) is 5.26 Å². The zero-order valence-corrected chi connectivity index (χ0v) is 11.0. The van der Waals surface area contributed by atoms with Crippen LogP contribution in [0, 0.1) is 11.3 Å². The summed E-state index contributed by atoms with van der Waals surface area (Å²) in [6.45, 7) is 0. The average Bonchev–Trinajstić information content (AvgIpc) is 2.49. The monoisotopic (exact) mass is 269 g/mol. The Kier molecular flexibility index (Phi) is 4.65. The number of amides is 1. The number of isocyanates is 1. The molecule has 20 heavy (non-hydrogen) atoms. The normalized spacial score (nSPS) is 21.4. The third-order valence-electron chi connectivity index (χ3n) is 3.67. The van der Waals surface area contributed by atoms with E-state index in [0.29, 0.717) is 11.6 Å². The molecule has 5 heteroatoms. The lowest BCUT2D eigenvalue weighted by molar-refractivity contribution is -0.111. The number of carbonyl (C=O) groups excluding carboxylic acids is 2. The van der Waals surface area contributed by atoms with Gasteiger partial charge in [0, 0.05) is 5.69 Å². The zero-order chi connectivity index (χ0) is 14.4. The summed E-state index contributed by atoms with van der Waals surface area (Å²) in [6.07, 6.45) is 5.45. The molecule has 1 saturated carbocycles. The fraction of sp³-hybridized carbons (Fsp3) is 0.400. The summed E-state index contributed by atoms with van der Waals surface area (Å²) >= 11 is 0. The van der Waals surface area contributed by atoms with Crippen molar-refractivity contribution in [3.05, 3.63) is 29.8 Å². The van der Waals surface area contributed by atoms with E-state index >= 15 is 0 Å². The largest absolute Gasteiger partial charge is 0.326 e. The van der Waals surface area contributed by atoms with Crippen LogP contribution >= 0.6 is 0 Å². The van der Waals surface area contributed by atoms with Crippen molar-refractivity contribution in [3.8, 4) is 6.07 Å². The van der Waals surface area contributed by atoms with E-state index in [0.717, 1.165) is 25.7 Å². The van der Waals surface area contributed by atoms with Gasteiger partial charge in [0.15, 0.2) is 6.07 Å². The Morgan fingerprint density at radius 1 is 1.20 bits per heavy atom. The first-order chi connectivity index (χ1) is 9.72. The number of aliphatic imine (C=N–C) groups is 1. The standard InChI is InChI=1S/C15H15N3O2/c16-9-15(20)18-14-7-3-12(4-8-14)11-1-5-13(6-2-11)17-10-19/h3-4,7-8,11,13H,1-2,5-6H2,(H,18,20). The van der Waals surface area contributed by atoms with Gasteiger partial charge in [-0.3, -0.25) is 4.79 Å². The van der Waals surface area contributed by atoms with Crippen LogP contribution in [0.15, 0.2) is 29.3 Å². The molecule has 0 aromatic heterocycles. The highest BCUT2D eigenvalue weighted by Crippen LogP contribution is 2.34. The fourth-order valence-corrected chi connectivity index (χ4v) is 2.61. The van der Waals surface area contributed by atoms with Crippen molar-refractivity contribution in [3.63, 3.8) is 0 Å². The molecular formula is C15H15N3O2. The topological polar surface area (TPSA) is 82.3 Å². The van der Waals surface area contributed by atoms with Crippen molar-refractivity contribution in [1.82, 2.24) is 0 Å². The van der Waals surface area contributed by atoms with Crippen molar-refractivity contribution in [1.29, 1.82) is 5.26 Å². The Bertz CT molecular complexity index is 560. The smallest absolute Gasteiger partial charge is 0.313 e. The second-order valence-electron chi connectivity index (χ2n) is 4.91. The fourth-order valence-electron chi connectivity index (χ4n) is 2.61. The summed E-state index contributed by atoms with van der Waals surface area (Å²) in [7, 11) is 0. The highest BCUT2D eigenvalue weighted by atomic mass is 16.1. The predicted molar refractivity (Wildman–Crippen MR) is 73.8 cm³/mol. The highest BCUT2D eigenvalue weighted by Gasteiger charge is 2.21. The molecule has 1 aliphatic carbocycles. The number of nitrogens with one attached hydrogen (secondary N) is 1. The maximum atomic E-state index is 11.0. The predicted octanol–water partition coefficient (Wildman–Crippen LogP) is 2.51. The van der Waals surface area contributed by atoms with Gasteiger partial charge in [0.2, 0.25) is 6.08 Å². The molecule has 0 saturated heterocycles. The molecule has 0 spiro atoms. The van der Waals surface area contributed by atoms with Gasteiger partial charge >= 0.3 is 5.91 Å². The van der Waals surface area contributed by atoms with E-state index in [-0.39, 0.29) is 6.04 Å². The van der Waals surface area contributed by atoms with Gasteiger partial charge in [0.05, 0.1) is 6.04 Å². The molecule has 1 amide bonds. The minimum atomic E-state index is -0.662. The molecule has 0 radical (unpaired) electrons. The van der Waals surface area contributed by atoms with Crippen LogP contribution in [0.3, 0.4) is 0 Å². The quantitative estimate of drug-likeness (QED) is 0.520. The number of hydrogen-bond donors (Lipinski definition) is 1. The van der Waals surface area contributed by atoms with Gasteiger partial charge in [-0.1, -0.05) is 12.1 Å². The second-order valence-corrected chi connectivity index (χ2v) is 4.91.